The van der Waals surface area contributed by atoms with Crippen LogP contribution in [0, 0.1) is 6.92 Å². The van der Waals surface area contributed by atoms with Crippen molar-refractivity contribution in [3.63, 3.8) is 0 Å². The lowest BCUT2D eigenvalue weighted by atomic mass is 9.87. The molecule has 25 heavy (non-hydrogen) atoms. The lowest BCUT2D eigenvalue weighted by Gasteiger charge is -2.19. The second kappa shape index (κ2) is 6.71. The van der Waals surface area contributed by atoms with E-state index in [2.05, 4.69) is 48.5 Å². The summed E-state index contributed by atoms with van der Waals surface area (Å²) >= 11 is 0. The molecule has 0 atom stereocenters. The molecule has 1 N–H and O–H groups in total. The van der Waals surface area contributed by atoms with Crippen LogP contribution in [-0.4, -0.2) is 21.8 Å². The van der Waals surface area contributed by atoms with Gasteiger partial charge in [-0.2, -0.15) is 0 Å². The molecule has 130 valence electrons. The number of nitrogens with zero attached hydrogens (tertiary/aromatic N) is 2. The van der Waals surface area contributed by atoms with E-state index in [4.69, 9.17) is 0 Å². The number of carbonyl (C=O) groups is 1. The molecular formula is C21H25N3O. The quantitative estimate of drug-likeness (QED) is 0.786. The first-order valence-corrected chi connectivity index (χ1v) is 8.67. The van der Waals surface area contributed by atoms with Gasteiger partial charge in [0.2, 0.25) is 0 Å². The first kappa shape index (κ1) is 17.2. The number of fused-ring (bicyclic) bond motifs is 1. The van der Waals surface area contributed by atoms with Gasteiger partial charge in [-0.05, 0) is 42.2 Å². The van der Waals surface area contributed by atoms with Gasteiger partial charge < -0.3 is 9.72 Å². The summed E-state index contributed by atoms with van der Waals surface area (Å²) in [7, 11) is 0. The molecule has 0 spiro atoms. The van der Waals surface area contributed by atoms with Gasteiger partial charge in [-0.25, -0.2) is 4.98 Å². The van der Waals surface area contributed by atoms with Crippen LogP contribution >= 0.6 is 0 Å². The average molecular weight is 335 g/mol. The maximum Gasteiger partial charge on any atom is 0.251 e. The number of aryl methyl sites for hydroxylation is 1. The Kier molecular flexibility index (Phi) is 4.62. The number of hydrogen-bond donors (Lipinski definition) is 1. The molecule has 3 aromatic rings. The monoisotopic (exact) mass is 335 g/mol. The Bertz CT molecular complexity index is 886. The lowest BCUT2D eigenvalue weighted by molar-refractivity contribution is 0.0954. The van der Waals surface area contributed by atoms with E-state index in [1.807, 2.05) is 42.6 Å². The van der Waals surface area contributed by atoms with Crippen molar-refractivity contribution in [2.75, 3.05) is 6.54 Å². The number of hydrogen-bond acceptors (Lipinski definition) is 2. The second-order valence-corrected chi connectivity index (χ2v) is 7.46. The molecule has 2 aromatic heterocycles. The van der Waals surface area contributed by atoms with Gasteiger partial charge >= 0.3 is 0 Å². The molecule has 0 aliphatic rings. The molecule has 0 saturated heterocycles. The average Bonchev–Trinajstić information content (AvgIpc) is 2.98. The number of nitrogens with one attached hydrogen (secondary N) is 1. The zero-order valence-corrected chi connectivity index (χ0v) is 15.3. The van der Waals surface area contributed by atoms with Crippen molar-refractivity contribution in [2.24, 2.45) is 0 Å². The van der Waals surface area contributed by atoms with E-state index in [1.54, 1.807) is 0 Å². The number of rotatable bonds is 4. The minimum Gasteiger partial charge on any atom is -0.352 e. The molecular weight excluding hydrogens is 310 g/mol. The molecule has 0 fully saturated rings. The van der Waals surface area contributed by atoms with Crippen LogP contribution in [-0.2, 0) is 11.8 Å². The first-order chi connectivity index (χ1) is 11.8. The van der Waals surface area contributed by atoms with E-state index >= 15 is 0 Å². The minimum absolute atomic E-state index is 0.0413. The Labute approximate surface area is 148 Å². The number of amides is 1. The van der Waals surface area contributed by atoms with Crippen molar-refractivity contribution in [1.82, 2.24) is 14.7 Å². The van der Waals surface area contributed by atoms with Crippen LogP contribution in [0.1, 0.15) is 48.1 Å². The molecule has 0 unspecified atom stereocenters. The highest BCUT2D eigenvalue weighted by Gasteiger charge is 2.14. The normalized spacial score (nSPS) is 11.7. The Hall–Kier alpha value is -2.62. The summed E-state index contributed by atoms with van der Waals surface area (Å²) in [4.78, 5) is 16.9. The summed E-state index contributed by atoms with van der Waals surface area (Å²) in [5, 5.41) is 2.98. The molecule has 0 saturated carbocycles. The van der Waals surface area contributed by atoms with Crippen molar-refractivity contribution in [1.29, 1.82) is 0 Å². The zero-order chi connectivity index (χ0) is 18.0. The van der Waals surface area contributed by atoms with Crippen LogP contribution in [0.25, 0.3) is 5.65 Å². The third-order valence-corrected chi connectivity index (χ3v) is 4.43. The molecule has 0 aliphatic heterocycles. The van der Waals surface area contributed by atoms with Crippen LogP contribution < -0.4 is 5.32 Å². The van der Waals surface area contributed by atoms with Crippen molar-refractivity contribution in [3.8, 4) is 0 Å². The topological polar surface area (TPSA) is 46.4 Å². The fourth-order valence-corrected chi connectivity index (χ4v) is 2.85. The maximum atomic E-state index is 12.3. The number of pyridine rings is 1. The van der Waals surface area contributed by atoms with Crippen LogP contribution in [0.2, 0.25) is 0 Å². The van der Waals surface area contributed by atoms with Gasteiger partial charge in [-0.1, -0.05) is 39.0 Å². The maximum absolute atomic E-state index is 12.3. The van der Waals surface area contributed by atoms with Gasteiger partial charge in [0.1, 0.15) is 5.65 Å². The molecule has 0 aliphatic carbocycles. The van der Waals surface area contributed by atoms with E-state index in [0.717, 1.165) is 17.0 Å². The van der Waals surface area contributed by atoms with E-state index in [-0.39, 0.29) is 11.3 Å². The van der Waals surface area contributed by atoms with Crippen molar-refractivity contribution in [3.05, 3.63) is 71.2 Å². The molecule has 2 heterocycles. The van der Waals surface area contributed by atoms with E-state index in [9.17, 15) is 4.79 Å². The Morgan fingerprint density at radius 2 is 1.84 bits per heavy atom. The lowest BCUT2D eigenvalue weighted by Crippen LogP contribution is -2.25. The van der Waals surface area contributed by atoms with Crippen LogP contribution in [0.3, 0.4) is 0 Å². The third kappa shape index (κ3) is 3.90. The summed E-state index contributed by atoms with van der Waals surface area (Å²) in [5.74, 6) is -0.0413. The molecule has 1 amide bonds. The van der Waals surface area contributed by atoms with Crippen molar-refractivity contribution < 1.29 is 4.79 Å². The SMILES string of the molecule is Cc1cccc2nc(CCNC(=O)c3ccc(C(C)(C)C)cc3)cn12. The number of imidazole rings is 1. The number of benzene rings is 1. The molecule has 4 nitrogen and oxygen atoms in total. The molecule has 0 radical (unpaired) electrons. The fraction of sp³-hybridized carbons (Fsp3) is 0.333. The van der Waals surface area contributed by atoms with Crippen LogP contribution in [0.5, 0.6) is 0 Å². The fourth-order valence-electron chi connectivity index (χ4n) is 2.85. The molecule has 3 rings (SSSR count). The number of carbonyl (C=O) groups excluding carboxylic acids is 1. The summed E-state index contributed by atoms with van der Waals surface area (Å²) < 4.78 is 2.07. The standard InChI is InChI=1S/C21H25N3O/c1-15-6-5-7-19-23-18(14-24(15)19)12-13-22-20(25)16-8-10-17(11-9-16)21(2,3)4/h5-11,14H,12-13H2,1-4H3,(H,22,25). The highest BCUT2D eigenvalue weighted by Crippen LogP contribution is 2.22. The predicted octanol–water partition coefficient (Wildman–Crippen LogP) is 3.91. The Morgan fingerprint density at radius 1 is 1.12 bits per heavy atom. The summed E-state index contributed by atoms with van der Waals surface area (Å²) in [5.41, 5.74) is 5.09. The molecule has 0 bridgehead atoms. The van der Waals surface area contributed by atoms with Gasteiger partial charge in [-0.15, -0.1) is 0 Å². The predicted molar refractivity (Wildman–Crippen MR) is 101 cm³/mol. The van der Waals surface area contributed by atoms with Gasteiger partial charge in [-0.3, -0.25) is 4.79 Å². The highest BCUT2D eigenvalue weighted by molar-refractivity contribution is 5.94. The molecule has 1 aromatic carbocycles. The summed E-state index contributed by atoms with van der Waals surface area (Å²) in [6, 6.07) is 13.9. The van der Waals surface area contributed by atoms with Gasteiger partial charge in [0.25, 0.3) is 5.91 Å². The van der Waals surface area contributed by atoms with Crippen LogP contribution in [0.4, 0.5) is 0 Å². The first-order valence-electron chi connectivity index (χ1n) is 8.67. The Morgan fingerprint density at radius 3 is 2.48 bits per heavy atom. The van der Waals surface area contributed by atoms with Gasteiger partial charge in [0, 0.05) is 30.4 Å². The van der Waals surface area contributed by atoms with Crippen molar-refractivity contribution in [2.45, 2.75) is 39.5 Å². The Balaban J connectivity index is 1.59. The van der Waals surface area contributed by atoms with Gasteiger partial charge in [0.15, 0.2) is 0 Å². The van der Waals surface area contributed by atoms with E-state index in [0.29, 0.717) is 18.5 Å². The zero-order valence-electron chi connectivity index (χ0n) is 15.3. The minimum atomic E-state index is -0.0413. The summed E-state index contributed by atoms with van der Waals surface area (Å²) in [6.45, 7) is 9.13. The third-order valence-electron chi connectivity index (χ3n) is 4.43. The van der Waals surface area contributed by atoms with Crippen LogP contribution in [0.15, 0.2) is 48.7 Å². The number of aromatic nitrogens is 2. The van der Waals surface area contributed by atoms with Gasteiger partial charge in [0.05, 0.1) is 5.69 Å². The molecule has 4 heteroatoms. The summed E-state index contributed by atoms with van der Waals surface area (Å²) in [6.07, 6.45) is 2.75. The highest BCUT2D eigenvalue weighted by atomic mass is 16.1. The van der Waals surface area contributed by atoms with E-state index in [1.165, 1.54) is 5.56 Å². The smallest absolute Gasteiger partial charge is 0.251 e. The largest absolute Gasteiger partial charge is 0.352 e. The second-order valence-electron chi connectivity index (χ2n) is 7.46. The van der Waals surface area contributed by atoms with Crippen molar-refractivity contribution >= 4 is 11.6 Å². The van der Waals surface area contributed by atoms with E-state index < -0.39 is 0 Å².